The maximum absolute atomic E-state index is 11.7. The molecule has 0 atom stereocenters. The van der Waals surface area contributed by atoms with Gasteiger partial charge >= 0.3 is 0 Å². The third-order valence-corrected chi connectivity index (χ3v) is 2.58. The highest BCUT2D eigenvalue weighted by Crippen LogP contribution is 2.11. The second-order valence-electron chi connectivity index (χ2n) is 4.20. The van der Waals surface area contributed by atoms with E-state index >= 15 is 0 Å². The van der Waals surface area contributed by atoms with Gasteiger partial charge in [-0.15, -0.1) is 0 Å². The maximum Gasteiger partial charge on any atom is 0.271 e. The highest BCUT2D eigenvalue weighted by Gasteiger charge is 2.08. The molecule has 0 aliphatic heterocycles. The average molecular weight is 263 g/mol. The second kappa shape index (κ2) is 7.25. The molecule has 1 aromatic rings. The molecule has 1 rings (SSSR count). The predicted octanol–water partition coefficient (Wildman–Crippen LogP) is 2.89. The Balaban J connectivity index is 2.60. The lowest BCUT2D eigenvalue weighted by Gasteiger charge is -2.02. The van der Waals surface area contributed by atoms with Crippen LogP contribution in [0.2, 0.25) is 0 Å². The standard InChI is InChI=1S/C13H17N3O3/c1-3-4-5-10(2)14-15-13(17)11-6-8-12(9-7-11)16(18)19/h6-9H,3-5H2,1-2H3,(H,15,17). The van der Waals surface area contributed by atoms with E-state index in [9.17, 15) is 14.9 Å². The summed E-state index contributed by atoms with van der Waals surface area (Å²) in [6, 6.07) is 5.40. The third kappa shape index (κ3) is 4.87. The quantitative estimate of drug-likeness (QED) is 0.486. The Morgan fingerprint density at radius 1 is 1.37 bits per heavy atom. The Morgan fingerprint density at radius 2 is 2.00 bits per heavy atom. The van der Waals surface area contributed by atoms with E-state index in [1.54, 1.807) is 0 Å². The van der Waals surface area contributed by atoms with Crippen LogP contribution < -0.4 is 5.43 Å². The van der Waals surface area contributed by atoms with Crippen molar-refractivity contribution in [1.29, 1.82) is 0 Å². The number of carbonyl (C=O) groups is 1. The summed E-state index contributed by atoms with van der Waals surface area (Å²) >= 11 is 0. The average Bonchev–Trinajstić information content (AvgIpc) is 2.42. The SMILES string of the molecule is CCCCC(C)=NNC(=O)c1ccc([N+](=O)[O-])cc1. The van der Waals surface area contributed by atoms with Crippen molar-refractivity contribution < 1.29 is 9.72 Å². The summed E-state index contributed by atoms with van der Waals surface area (Å²) < 4.78 is 0. The summed E-state index contributed by atoms with van der Waals surface area (Å²) in [6.45, 7) is 3.94. The van der Waals surface area contributed by atoms with E-state index in [2.05, 4.69) is 17.5 Å². The first kappa shape index (κ1) is 14.8. The van der Waals surface area contributed by atoms with E-state index < -0.39 is 4.92 Å². The van der Waals surface area contributed by atoms with Crippen LogP contribution in [0.25, 0.3) is 0 Å². The highest BCUT2D eigenvalue weighted by atomic mass is 16.6. The van der Waals surface area contributed by atoms with E-state index in [-0.39, 0.29) is 11.6 Å². The Bertz CT molecular complexity index is 480. The molecule has 0 saturated carbocycles. The summed E-state index contributed by atoms with van der Waals surface area (Å²) in [6.07, 6.45) is 2.95. The van der Waals surface area contributed by atoms with Gasteiger partial charge in [-0.2, -0.15) is 5.10 Å². The molecule has 0 aromatic heterocycles. The zero-order chi connectivity index (χ0) is 14.3. The molecular weight excluding hydrogens is 246 g/mol. The fourth-order valence-corrected chi connectivity index (χ4v) is 1.43. The first-order chi connectivity index (χ1) is 9.04. The van der Waals surface area contributed by atoms with Crippen molar-refractivity contribution in [2.45, 2.75) is 33.1 Å². The van der Waals surface area contributed by atoms with Crippen LogP contribution in [0.5, 0.6) is 0 Å². The molecule has 102 valence electrons. The molecule has 0 unspecified atom stereocenters. The maximum atomic E-state index is 11.7. The minimum absolute atomic E-state index is 0.0424. The fourth-order valence-electron chi connectivity index (χ4n) is 1.43. The van der Waals surface area contributed by atoms with Gasteiger partial charge in [-0.25, -0.2) is 5.43 Å². The van der Waals surface area contributed by atoms with Gasteiger partial charge in [0.05, 0.1) is 4.92 Å². The molecule has 0 fully saturated rings. The number of hydrazone groups is 1. The number of unbranched alkanes of at least 4 members (excludes halogenated alkanes) is 1. The van der Waals surface area contributed by atoms with Gasteiger partial charge in [0, 0.05) is 23.4 Å². The Hall–Kier alpha value is -2.24. The van der Waals surface area contributed by atoms with Crippen LogP contribution in [-0.4, -0.2) is 16.5 Å². The number of hydrogen-bond donors (Lipinski definition) is 1. The molecule has 0 aliphatic rings. The van der Waals surface area contributed by atoms with E-state index in [1.807, 2.05) is 6.92 Å². The first-order valence-corrected chi connectivity index (χ1v) is 6.12. The minimum atomic E-state index is -0.505. The molecule has 1 amide bonds. The molecular formula is C13H17N3O3. The van der Waals surface area contributed by atoms with Crippen molar-refractivity contribution in [3.05, 3.63) is 39.9 Å². The summed E-state index contributed by atoms with van der Waals surface area (Å²) in [7, 11) is 0. The van der Waals surface area contributed by atoms with Crippen molar-refractivity contribution >= 4 is 17.3 Å². The van der Waals surface area contributed by atoms with Gasteiger partial charge in [0.15, 0.2) is 0 Å². The lowest BCUT2D eigenvalue weighted by atomic mass is 10.2. The van der Waals surface area contributed by atoms with Crippen LogP contribution in [-0.2, 0) is 0 Å². The number of amides is 1. The molecule has 0 saturated heterocycles. The number of rotatable bonds is 6. The van der Waals surface area contributed by atoms with E-state index in [1.165, 1.54) is 24.3 Å². The van der Waals surface area contributed by atoms with Crippen LogP contribution in [0, 0.1) is 10.1 Å². The van der Waals surface area contributed by atoms with Crippen molar-refractivity contribution in [3.63, 3.8) is 0 Å². The molecule has 0 spiro atoms. The van der Waals surface area contributed by atoms with Crippen LogP contribution in [0.15, 0.2) is 29.4 Å². The van der Waals surface area contributed by atoms with Gasteiger partial charge in [-0.3, -0.25) is 14.9 Å². The predicted molar refractivity (Wildman–Crippen MR) is 73.2 cm³/mol. The molecule has 0 heterocycles. The van der Waals surface area contributed by atoms with Crippen LogP contribution in [0.1, 0.15) is 43.5 Å². The first-order valence-electron chi connectivity index (χ1n) is 6.12. The van der Waals surface area contributed by atoms with Gasteiger partial charge in [-0.1, -0.05) is 13.3 Å². The van der Waals surface area contributed by atoms with Crippen LogP contribution >= 0.6 is 0 Å². The molecule has 6 nitrogen and oxygen atoms in total. The Labute approximate surface area is 111 Å². The van der Waals surface area contributed by atoms with Crippen molar-refractivity contribution in [1.82, 2.24) is 5.43 Å². The number of nitro benzene ring substituents is 1. The largest absolute Gasteiger partial charge is 0.271 e. The monoisotopic (exact) mass is 263 g/mol. The highest BCUT2D eigenvalue weighted by molar-refractivity contribution is 5.95. The zero-order valence-electron chi connectivity index (χ0n) is 11.0. The normalized spacial score (nSPS) is 11.2. The molecule has 0 radical (unpaired) electrons. The minimum Gasteiger partial charge on any atom is -0.267 e. The number of nitro groups is 1. The summed E-state index contributed by atoms with van der Waals surface area (Å²) in [4.78, 5) is 21.7. The lowest BCUT2D eigenvalue weighted by Crippen LogP contribution is -2.19. The molecule has 6 heteroatoms. The lowest BCUT2D eigenvalue weighted by molar-refractivity contribution is -0.384. The van der Waals surface area contributed by atoms with Crippen molar-refractivity contribution in [2.24, 2.45) is 5.10 Å². The summed E-state index contributed by atoms with van der Waals surface area (Å²) in [5.41, 5.74) is 3.60. The van der Waals surface area contributed by atoms with Crippen molar-refractivity contribution in [2.75, 3.05) is 0 Å². The molecule has 0 aliphatic carbocycles. The van der Waals surface area contributed by atoms with Gasteiger partial charge in [0.1, 0.15) is 0 Å². The Kier molecular flexibility index (Phi) is 5.66. The topological polar surface area (TPSA) is 84.6 Å². The molecule has 19 heavy (non-hydrogen) atoms. The number of carbonyl (C=O) groups excluding carboxylic acids is 1. The van der Waals surface area contributed by atoms with E-state index in [4.69, 9.17) is 0 Å². The van der Waals surface area contributed by atoms with Crippen LogP contribution in [0.3, 0.4) is 0 Å². The second-order valence-corrected chi connectivity index (χ2v) is 4.20. The number of benzene rings is 1. The smallest absolute Gasteiger partial charge is 0.267 e. The zero-order valence-corrected chi connectivity index (χ0v) is 11.0. The number of hydrogen-bond acceptors (Lipinski definition) is 4. The number of nitrogens with zero attached hydrogens (tertiary/aromatic N) is 2. The number of nitrogens with one attached hydrogen (secondary N) is 1. The van der Waals surface area contributed by atoms with Gasteiger partial charge in [0.25, 0.3) is 11.6 Å². The Morgan fingerprint density at radius 3 is 2.53 bits per heavy atom. The fraction of sp³-hybridized carbons (Fsp3) is 0.385. The molecule has 1 N–H and O–H groups in total. The number of non-ortho nitro benzene ring substituents is 1. The third-order valence-electron chi connectivity index (χ3n) is 2.58. The molecule has 0 bridgehead atoms. The summed E-state index contributed by atoms with van der Waals surface area (Å²) in [5.74, 6) is -0.370. The van der Waals surface area contributed by atoms with Crippen LogP contribution in [0.4, 0.5) is 5.69 Å². The molecule has 1 aromatic carbocycles. The van der Waals surface area contributed by atoms with Crippen molar-refractivity contribution in [3.8, 4) is 0 Å². The van der Waals surface area contributed by atoms with Gasteiger partial charge in [-0.05, 0) is 31.9 Å². The van der Waals surface area contributed by atoms with E-state index in [0.717, 1.165) is 25.0 Å². The van der Waals surface area contributed by atoms with Gasteiger partial charge in [0.2, 0.25) is 0 Å². The summed E-state index contributed by atoms with van der Waals surface area (Å²) in [5, 5.41) is 14.5. The van der Waals surface area contributed by atoms with E-state index in [0.29, 0.717) is 5.56 Å². The van der Waals surface area contributed by atoms with Gasteiger partial charge < -0.3 is 0 Å².